The molecule has 0 atom stereocenters. The van der Waals surface area contributed by atoms with Crippen LogP contribution in [0.4, 0.5) is 13.2 Å². The van der Waals surface area contributed by atoms with Gasteiger partial charge in [-0.2, -0.15) is 0 Å². The topological polar surface area (TPSA) is 34.1 Å². The van der Waals surface area contributed by atoms with Gasteiger partial charge in [0.25, 0.3) is 10.5 Å². The second-order valence-corrected chi connectivity index (χ2v) is 3.14. The van der Waals surface area contributed by atoms with Crippen molar-refractivity contribution in [1.29, 1.82) is 0 Å². The first kappa shape index (κ1) is 12.0. The Balaban J connectivity index is 3.63. The average Bonchev–Trinajstić information content (AvgIpc) is 2.10. The van der Waals surface area contributed by atoms with E-state index in [2.05, 4.69) is 0 Å². The van der Waals surface area contributed by atoms with E-state index >= 15 is 0 Å². The fourth-order valence-corrected chi connectivity index (χ4v) is 1.22. The molecule has 0 fully saturated rings. The molecule has 0 radical (unpaired) electrons. The van der Waals surface area contributed by atoms with E-state index in [4.69, 9.17) is 23.2 Å². The molecule has 2 nitrogen and oxygen atoms in total. The number of halogens is 5. The lowest BCUT2D eigenvalue weighted by molar-refractivity contribution is 0.107. The van der Waals surface area contributed by atoms with Gasteiger partial charge in [0.1, 0.15) is 5.56 Å². The van der Waals surface area contributed by atoms with Crippen molar-refractivity contribution in [3.63, 3.8) is 0 Å². The summed E-state index contributed by atoms with van der Waals surface area (Å²) in [4.78, 5) is 21.2. The van der Waals surface area contributed by atoms with Crippen LogP contribution in [-0.2, 0) is 0 Å². The molecule has 0 N–H and O–H groups in total. The number of rotatable bonds is 2. The van der Waals surface area contributed by atoms with Gasteiger partial charge >= 0.3 is 0 Å². The van der Waals surface area contributed by atoms with Gasteiger partial charge in [0.05, 0.1) is 5.56 Å². The van der Waals surface area contributed by atoms with Crippen LogP contribution in [0.5, 0.6) is 0 Å². The normalized spacial score (nSPS) is 10.2. The maximum atomic E-state index is 13.2. The summed E-state index contributed by atoms with van der Waals surface area (Å²) in [5.74, 6) is -4.91. The van der Waals surface area contributed by atoms with Gasteiger partial charge in [0, 0.05) is 0 Å². The van der Waals surface area contributed by atoms with Crippen LogP contribution in [0.1, 0.15) is 20.7 Å². The standard InChI is InChI=1S/C8HCl2F3O2/c9-7(14)2-1-3(11)6(13)4(5(2)12)8(10)15/h1H. The van der Waals surface area contributed by atoms with E-state index in [1.165, 1.54) is 0 Å². The summed E-state index contributed by atoms with van der Waals surface area (Å²) in [6, 6.07) is 0.253. The van der Waals surface area contributed by atoms with E-state index in [0.29, 0.717) is 0 Å². The second kappa shape index (κ2) is 4.20. The van der Waals surface area contributed by atoms with Crippen molar-refractivity contribution in [3.8, 4) is 0 Å². The molecule has 0 aliphatic rings. The summed E-state index contributed by atoms with van der Waals surface area (Å²) in [6.45, 7) is 0. The van der Waals surface area contributed by atoms with Gasteiger partial charge in [-0.25, -0.2) is 13.2 Å². The minimum atomic E-state index is -1.76. The first-order valence-corrected chi connectivity index (χ1v) is 4.19. The minimum absolute atomic E-state index is 0.253. The fraction of sp³-hybridized carbons (Fsp3) is 0. The lowest BCUT2D eigenvalue weighted by Crippen LogP contribution is -2.08. The number of hydrogen-bond acceptors (Lipinski definition) is 2. The lowest BCUT2D eigenvalue weighted by Gasteiger charge is -2.04. The molecule has 0 amide bonds. The number of carbonyl (C=O) groups excluding carboxylic acids is 2. The van der Waals surface area contributed by atoms with Crippen LogP contribution in [0.3, 0.4) is 0 Å². The van der Waals surface area contributed by atoms with Crippen molar-refractivity contribution in [3.05, 3.63) is 34.6 Å². The summed E-state index contributed by atoms with van der Waals surface area (Å²) in [5, 5.41) is -2.91. The van der Waals surface area contributed by atoms with Crippen LogP contribution >= 0.6 is 23.2 Å². The first-order chi connectivity index (χ1) is 6.86. The molecule has 0 saturated heterocycles. The molecule has 0 aliphatic heterocycles. The van der Waals surface area contributed by atoms with E-state index < -0.39 is 39.1 Å². The summed E-state index contributed by atoms with van der Waals surface area (Å²) in [7, 11) is 0. The predicted molar refractivity (Wildman–Crippen MR) is 46.7 cm³/mol. The van der Waals surface area contributed by atoms with E-state index in [9.17, 15) is 22.8 Å². The van der Waals surface area contributed by atoms with Crippen molar-refractivity contribution < 1.29 is 22.8 Å². The zero-order valence-corrected chi connectivity index (χ0v) is 8.30. The average molecular weight is 257 g/mol. The third-order valence-electron chi connectivity index (χ3n) is 1.56. The number of carbonyl (C=O) groups is 2. The Morgan fingerprint density at radius 1 is 1.00 bits per heavy atom. The molecular formula is C8HCl2F3O2. The summed E-state index contributed by atoms with van der Waals surface area (Å²) in [5.41, 5.74) is -2.28. The zero-order chi connectivity index (χ0) is 11.7. The Hall–Kier alpha value is -1.07. The van der Waals surface area contributed by atoms with Crippen molar-refractivity contribution in [2.45, 2.75) is 0 Å². The van der Waals surface area contributed by atoms with E-state index in [0.717, 1.165) is 0 Å². The van der Waals surface area contributed by atoms with Crippen molar-refractivity contribution in [2.75, 3.05) is 0 Å². The molecule has 0 bridgehead atoms. The maximum Gasteiger partial charge on any atom is 0.258 e. The molecule has 1 aromatic rings. The lowest BCUT2D eigenvalue weighted by atomic mass is 10.1. The van der Waals surface area contributed by atoms with Crippen LogP contribution in [-0.4, -0.2) is 10.5 Å². The Labute approximate surface area is 91.6 Å². The molecule has 1 rings (SSSR count). The van der Waals surface area contributed by atoms with Crippen LogP contribution in [0, 0.1) is 17.5 Å². The summed E-state index contributed by atoms with van der Waals surface area (Å²) in [6.07, 6.45) is 0. The monoisotopic (exact) mass is 256 g/mol. The third-order valence-corrected chi connectivity index (χ3v) is 1.96. The Kier molecular flexibility index (Phi) is 3.36. The van der Waals surface area contributed by atoms with E-state index in [1.54, 1.807) is 0 Å². The molecule has 0 spiro atoms. The smallest absolute Gasteiger partial charge is 0.258 e. The van der Waals surface area contributed by atoms with Gasteiger partial charge in [-0.1, -0.05) is 0 Å². The van der Waals surface area contributed by atoms with Gasteiger partial charge < -0.3 is 0 Å². The van der Waals surface area contributed by atoms with Crippen LogP contribution in [0.25, 0.3) is 0 Å². The highest BCUT2D eigenvalue weighted by molar-refractivity contribution is 6.69. The molecule has 0 aliphatic carbocycles. The molecule has 1 aromatic carbocycles. The van der Waals surface area contributed by atoms with Gasteiger partial charge in [0.2, 0.25) is 0 Å². The molecule has 0 unspecified atom stereocenters. The minimum Gasteiger partial charge on any atom is -0.275 e. The van der Waals surface area contributed by atoms with Crippen LogP contribution in [0.15, 0.2) is 6.07 Å². The van der Waals surface area contributed by atoms with Crippen molar-refractivity contribution in [1.82, 2.24) is 0 Å². The van der Waals surface area contributed by atoms with E-state index in [1.807, 2.05) is 0 Å². The summed E-state index contributed by atoms with van der Waals surface area (Å²) < 4.78 is 38.9. The van der Waals surface area contributed by atoms with Gasteiger partial charge in [-0.15, -0.1) is 0 Å². The Morgan fingerprint density at radius 2 is 1.53 bits per heavy atom. The van der Waals surface area contributed by atoms with E-state index in [-0.39, 0.29) is 6.07 Å². The van der Waals surface area contributed by atoms with Crippen LogP contribution < -0.4 is 0 Å². The maximum absolute atomic E-state index is 13.2. The highest BCUT2D eigenvalue weighted by Crippen LogP contribution is 2.22. The quantitative estimate of drug-likeness (QED) is 0.603. The van der Waals surface area contributed by atoms with Crippen molar-refractivity contribution >= 4 is 33.7 Å². The number of hydrogen-bond donors (Lipinski definition) is 0. The van der Waals surface area contributed by atoms with Crippen LogP contribution in [0.2, 0.25) is 0 Å². The Morgan fingerprint density at radius 3 is 1.93 bits per heavy atom. The Bertz CT molecular complexity index is 460. The molecule has 7 heteroatoms. The second-order valence-electron chi connectivity index (χ2n) is 2.46. The fourth-order valence-electron chi connectivity index (χ4n) is 0.919. The SMILES string of the molecule is O=C(Cl)c1cc(F)c(F)c(C(=O)Cl)c1F. The third kappa shape index (κ3) is 2.13. The molecular weight excluding hydrogens is 256 g/mol. The molecule has 0 aromatic heterocycles. The first-order valence-electron chi connectivity index (χ1n) is 3.43. The van der Waals surface area contributed by atoms with Gasteiger partial charge in [-0.3, -0.25) is 9.59 Å². The number of benzene rings is 1. The van der Waals surface area contributed by atoms with Gasteiger partial charge in [0.15, 0.2) is 17.5 Å². The summed E-state index contributed by atoms with van der Waals surface area (Å²) >= 11 is 9.71. The highest BCUT2D eigenvalue weighted by atomic mass is 35.5. The largest absolute Gasteiger partial charge is 0.275 e. The molecule has 0 saturated carbocycles. The molecule has 15 heavy (non-hydrogen) atoms. The zero-order valence-electron chi connectivity index (χ0n) is 6.78. The van der Waals surface area contributed by atoms with Crippen molar-refractivity contribution in [2.24, 2.45) is 0 Å². The predicted octanol–water partition coefficient (Wildman–Crippen LogP) is 2.86. The highest BCUT2D eigenvalue weighted by Gasteiger charge is 2.25. The molecule has 80 valence electrons. The van der Waals surface area contributed by atoms with Gasteiger partial charge in [-0.05, 0) is 29.3 Å². The molecule has 0 heterocycles.